The SMILES string of the molecule is C/C=C\C=C(\c1ccccn1)c1cc(-c2[nH]nc3ncc(C4=CCN=CC(N)=C4)cc23)[nH]c1C. The van der Waals surface area contributed by atoms with Gasteiger partial charge in [-0.2, -0.15) is 5.10 Å². The van der Waals surface area contributed by atoms with Crippen molar-refractivity contribution < 1.29 is 0 Å². The summed E-state index contributed by atoms with van der Waals surface area (Å²) in [6.07, 6.45) is 15.4. The van der Waals surface area contributed by atoms with Gasteiger partial charge in [0.05, 0.1) is 29.3 Å². The highest BCUT2D eigenvalue weighted by Gasteiger charge is 2.17. The molecule has 0 radical (unpaired) electrons. The quantitative estimate of drug-likeness (QED) is 0.375. The first-order valence-electron chi connectivity index (χ1n) is 11.1. The van der Waals surface area contributed by atoms with Crippen LogP contribution >= 0.6 is 0 Å². The Hall–Kier alpha value is -4.52. The van der Waals surface area contributed by atoms with Gasteiger partial charge in [-0.05, 0) is 49.8 Å². The molecule has 168 valence electrons. The number of pyridine rings is 2. The monoisotopic (exact) mass is 447 g/mol. The zero-order valence-corrected chi connectivity index (χ0v) is 19.1. The number of nitrogens with one attached hydrogen (secondary N) is 2. The van der Waals surface area contributed by atoms with Crippen molar-refractivity contribution in [3.8, 4) is 11.4 Å². The van der Waals surface area contributed by atoms with Crippen molar-refractivity contribution in [3.63, 3.8) is 0 Å². The number of H-pyrrole nitrogens is 2. The fraction of sp³-hybridized carbons (Fsp3) is 0.111. The summed E-state index contributed by atoms with van der Waals surface area (Å²) in [5, 5.41) is 8.53. The third kappa shape index (κ3) is 4.11. The fourth-order valence-corrected chi connectivity index (χ4v) is 4.05. The number of hydrogen-bond donors (Lipinski definition) is 3. The van der Waals surface area contributed by atoms with Crippen LogP contribution in [0.5, 0.6) is 0 Å². The third-order valence-electron chi connectivity index (χ3n) is 5.69. The number of aliphatic imine (C=N–C) groups is 1. The molecule has 4 N–H and O–H groups in total. The van der Waals surface area contributed by atoms with Crippen LogP contribution in [-0.4, -0.2) is 37.9 Å². The van der Waals surface area contributed by atoms with E-state index in [9.17, 15) is 0 Å². The summed E-state index contributed by atoms with van der Waals surface area (Å²) in [4.78, 5) is 16.9. The zero-order valence-electron chi connectivity index (χ0n) is 19.1. The molecule has 4 aromatic rings. The average molecular weight is 448 g/mol. The molecule has 0 aliphatic carbocycles. The molecule has 0 atom stereocenters. The predicted molar refractivity (Wildman–Crippen MR) is 138 cm³/mol. The Labute approximate surface area is 197 Å². The Morgan fingerprint density at radius 2 is 2.09 bits per heavy atom. The number of nitrogens with zero attached hydrogens (tertiary/aromatic N) is 4. The van der Waals surface area contributed by atoms with Gasteiger partial charge >= 0.3 is 0 Å². The molecule has 5 rings (SSSR count). The summed E-state index contributed by atoms with van der Waals surface area (Å²) in [6.45, 7) is 4.65. The van der Waals surface area contributed by atoms with Gasteiger partial charge in [-0.25, -0.2) is 4.98 Å². The Bertz CT molecular complexity index is 1490. The number of fused-ring (bicyclic) bond motifs is 1. The van der Waals surface area contributed by atoms with Crippen molar-refractivity contribution in [2.45, 2.75) is 13.8 Å². The van der Waals surface area contributed by atoms with E-state index in [0.29, 0.717) is 17.9 Å². The maximum absolute atomic E-state index is 6.02. The van der Waals surface area contributed by atoms with Crippen LogP contribution in [0.1, 0.15) is 29.4 Å². The maximum atomic E-state index is 6.02. The molecule has 0 fully saturated rings. The van der Waals surface area contributed by atoms with Gasteiger partial charge in [-0.15, -0.1) is 0 Å². The van der Waals surface area contributed by atoms with Gasteiger partial charge in [-0.3, -0.25) is 15.1 Å². The van der Waals surface area contributed by atoms with Gasteiger partial charge in [0.15, 0.2) is 5.65 Å². The molecule has 0 aromatic carbocycles. The van der Waals surface area contributed by atoms with Crippen LogP contribution in [0.2, 0.25) is 0 Å². The number of allylic oxidation sites excluding steroid dienone is 6. The molecule has 0 spiro atoms. The largest absolute Gasteiger partial charge is 0.397 e. The van der Waals surface area contributed by atoms with Gasteiger partial charge in [0.2, 0.25) is 0 Å². The minimum Gasteiger partial charge on any atom is -0.397 e. The van der Waals surface area contributed by atoms with Crippen molar-refractivity contribution in [1.82, 2.24) is 25.1 Å². The van der Waals surface area contributed by atoms with Crippen LogP contribution in [0.15, 0.2) is 83.8 Å². The average Bonchev–Trinajstić information content (AvgIpc) is 3.37. The molecule has 0 unspecified atom stereocenters. The fourth-order valence-electron chi connectivity index (χ4n) is 4.05. The predicted octanol–water partition coefficient (Wildman–Crippen LogP) is 4.97. The zero-order chi connectivity index (χ0) is 23.5. The number of aromatic nitrogens is 5. The van der Waals surface area contributed by atoms with E-state index in [0.717, 1.165) is 50.4 Å². The van der Waals surface area contributed by atoms with E-state index in [1.807, 2.05) is 61.8 Å². The van der Waals surface area contributed by atoms with Gasteiger partial charge in [0.1, 0.15) is 0 Å². The Morgan fingerprint density at radius 3 is 2.91 bits per heavy atom. The first kappa shape index (κ1) is 21.3. The smallest absolute Gasteiger partial charge is 0.181 e. The van der Waals surface area contributed by atoms with Gasteiger partial charge in [0.25, 0.3) is 0 Å². The second-order valence-corrected chi connectivity index (χ2v) is 8.03. The molecular weight excluding hydrogens is 422 g/mol. The van der Waals surface area contributed by atoms with Gasteiger partial charge < -0.3 is 10.7 Å². The summed E-state index contributed by atoms with van der Waals surface area (Å²) < 4.78 is 0. The molecule has 1 aliphatic heterocycles. The van der Waals surface area contributed by atoms with E-state index < -0.39 is 0 Å². The lowest BCUT2D eigenvalue weighted by Gasteiger charge is -2.05. The Morgan fingerprint density at radius 1 is 1.18 bits per heavy atom. The highest BCUT2D eigenvalue weighted by atomic mass is 15.2. The van der Waals surface area contributed by atoms with Crippen molar-refractivity contribution in [3.05, 3.63) is 101 Å². The second-order valence-electron chi connectivity index (χ2n) is 8.03. The summed E-state index contributed by atoms with van der Waals surface area (Å²) in [7, 11) is 0. The first-order valence-corrected chi connectivity index (χ1v) is 11.1. The minimum atomic E-state index is 0.580. The standard InChI is InChI=1S/C27H25N7/c1-3-4-7-21(24-8-5-6-10-30-24)22-14-25(32-17(22)2)26-23-13-19(15-31-27(23)34-33-26)18-9-11-29-16-20(28)12-18/h3-10,12-16,32H,11,28H2,1-2H3,(H,31,33,34)/b4-3-,21-7+. The summed E-state index contributed by atoms with van der Waals surface area (Å²) in [5.74, 6) is 0. The molecule has 7 nitrogen and oxygen atoms in total. The van der Waals surface area contributed by atoms with Crippen LogP contribution in [0.25, 0.3) is 33.6 Å². The molecule has 1 aliphatic rings. The summed E-state index contributed by atoms with van der Waals surface area (Å²) in [6, 6.07) is 10.2. The van der Waals surface area contributed by atoms with Gasteiger partial charge in [0, 0.05) is 46.4 Å². The lowest BCUT2D eigenvalue weighted by Crippen LogP contribution is -1.97. The topological polar surface area (TPSA) is 109 Å². The van der Waals surface area contributed by atoms with Crippen molar-refractivity contribution in [2.24, 2.45) is 10.7 Å². The number of hydrogen-bond acceptors (Lipinski definition) is 5. The van der Waals surface area contributed by atoms with Crippen molar-refractivity contribution in [2.75, 3.05) is 6.54 Å². The van der Waals surface area contributed by atoms with Gasteiger partial charge in [-0.1, -0.05) is 30.4 Å². The second kappa shape index (κ2) is 9.15. The molecular formula is C27H25N7. The molecule has 0 saturated heterocycles. The van der Waals surface area contributed by atoms with E-state index in [4.69, 9.17) is 5.73 Å². The van der Waals surface area contributed by atoms with E-state index in [1.54, 1.807) is 6.21 Å². The summed E-state index contributed by atoms with van der Waals surface area (Å²) >= 11 is 0. The molecule has 5 heterocycles. The minimum absolute atomic E-state index is 0.580. The van der Waals surface area contributed by atoms with Crippen LogP contribution in [-0.2, 0) is 0 Å². The molecule has 7 heteroatoms. The molecule has 0 amide bonds. The van der Waals surface area contributed by atoms with E-state index in [-0.39, 0.29) is 0 Å². The Kier molecular flexibility index (Phi) is 5.74. The van der Waals surface area contributed by atoms with Crippen LogP contribution in [0, 0.1) is 6.92 Å². The lowest BCUT2D eigenvalue weighted by atomic mass is 10.0. The third-order valence-corrected chi connectivity index (χ3v) is 5.69. The lowest BCUT2D eigenvalue weighted by molar-refractivity contribution is 1.09. The molecule has 34 heavy (non-hydrogen) atoms. The maximum Gasteiger partial charge on any atom is 0.181 e. The highest BCUT2D eigenvalue weighted by Crippen LogP contribution is 2.33. The number of nitrogens with two attached hydrogens (primary N) is 1. The van der Waals surface area contributed by atoms with E-state index in [2.05, 4.69) is 55.3 Å². The molecule has 4 aromatic heterocycles. The van der Waals surface area contributed by atoms with Crippen molar-refractivity contribution >= 4 is 28.4 Å². The van der Waals surface area contributed by atoms with Crippen LogP contribution < -0.4 is 5.73 Å². The number of aromatic amines is 2. The number of rotatable bonds is 5. The highest BCUT2D eigenvalue weighted by molar-refractivity contribution is 5.95. The van der Waals surface area contributed by atoms with E-state index in [1.165, 1.54) is 0 Å². The molecule has 0 bridgehead atoms. The van der Waals surface area contributed by atoms with Crippen LogP contribution in [0.3, 0.4) is 0 Å². The van der Waals surface area contributed by atoms with E-state index >= 15 is 0 Å². The summed E-state index contributed by atoms with van der Waals surface area (Å²) in [5.41, 5.74) is 15.2. The first-order chi connectivity index (χ1) is 16.6. The molecule has 0 saturated carbocycles. The van der Waals surface area contributed by atoms with Crippen LogP contribution in [0.4, 0.5) is 0 Å². The normalized spacial score (nSPS) is 14.5. The van der Waals surface area contributed by atoms with Crippen molar-refractivity contribution in [1.29, 1.82) is 0 Å². The number of aryl methyl sites for hydroxylation is 1. The Balaban J connectivity index is 1.59.